The lowest BCUT2D eigenvalue weighted by atomic mass is 10.0. The minimum Gasteiger partial charge on any atom is -0.508 e. The molecule has 1 aromatic rings. The first-order valence-electron chi connectivity index (χ1n) is 48.0. The fourth-order valence-electron chi connectivity index (χ4n) is 13.8. The van der Waals surface area contributed by atoms with Crippen LogP contribution in [0.15, 0.2) is 24.3 Å². The van der Waals surface area contributed by atoms with Gasteiger partial charge in [0.15, 0.2) is 5.96 Å². The van der Waals surface area contributed by atoms with Crippen LogP contribution >= 0.6 is 11.8 Å². The number of carbonyl (C=O) groups excluding carboxylic acids is 19. The third-order valence-electron chi connectivity index (χ3n) is 22.3. The molecule has 58 heteroatoms. The maximum absolute atomic E-state index is 14.3. The van der Waals surface area contributed by atoms with Crippen LogP contribution in [0.5, 0.6) is 5.75 Å². The van der Waals surface area contributed by atoms with Gasteiger partial charge in [-0.15, -0.1) is 0 Å². The summed E-state index contributed by atoms with van der Waals surface area (Å²) >= 11 is 1.27. The van der Waals surface area contributed by atoms with Gasteiger partial charge in [0.05, 0.1) is 64.4 Å². The third-order valence-corrected chi connectivity index (χ3v) is 22.9. The summed E-state index contributed by atoms with van der Waals surface area (Å²) in [6, 6.07) is -23.9. The van der Waals surface area contributed by atoms with Gasteiger partial charge in [0.1, 0.15) is 108 Å². The van der Waals surface area contributed by atoms with Crippen molar-refractivity contribution in [2.75, 3.05) is 84.3 Å². The molecule has 0 heterocycles. The van der Waals surface area contributed by atoms with E-state index in [4.69, 9.17) is 34.1 Å². The van der Waals surface area contributed by atoms with Gasteiger partial charge in [-0.3, -0.25) is 101 Å². The maximum Gasteiger partial charge on any atom is 0.326 e. The Bertz CT molecular complexity index is 4470. The van der Waals surface area contributed by atoms with Crippen molar-refractivity contribution in [3.63, 3.8) is 0 Å². The molecular weight excluding hydrogens is 1960 g/mol. The van der Waals surface area contributed by atoms with E-state index in [-0.39, 0.29) is 101 Å². The number of carbonyl (C=O) groups is 21. The van der Waals surface area contributed by atoms with Crippen molar-refractivity contribution < 1.29 is 152 Å². The van der Waals surface area contributed by atoms with Crippen molar-refractivity contribution >= 4 is 142 Å². The van der Waals surface area contributed by atoms with Crippen molar-refractivity contribution in [1.29, 1.82) is 5.41 Å². The van der Waals surface area contributed by atoms with Gasteiger partial charge in [-0.05, 0) is 184 Å². The van der Waals surface area contributed by atoms with Gasteiger partial charge in [0.2, 0.25) is 112 Å². The average molecular weight is 2120 g/mol. The van der Waals surface area contributed by atoms with Crippen molar-refractivity contribution in [3.05, 3.63) is 29.8 Å². The first kappa shape index (κ1) is 132. The van der Waals surface area contributed by atoms with Gasteiger partial charge >= 0.3 is 11.9 Å². The molecule has 0 unspecified atom stereocenters. The zero-order valence-corrected chi connectivity index (χ0v) is 85.0. The minimum atomic E-state index is -2.04. The molecule has 19 amide bonds. The highest BCUT2D eigenvalue weighted by atomic mass is 32.2. The summed E-state index contributed by atoms with van der Waals surface area (Å²) in [7, 11) is 0. The maximum atomic E-state index is 14.3. The molecule has 147 heavy (non-hydrogen) atoms. The second-order valence-corrected chi connectivity index (χ2v) is 36.8. The number of phenols is 1. The number of carboxylic acid groups (broad SMARTS) is 2. The number of rotatable bonds is 74. The van der Waals surface area contributed by atoms with Gasteiger partial charge in [-0.2, -0.15) is 11.8 Å². The summed E-state index contributed by atoms with van der Waals surface area (Å²) in [4.78, 5) is 285. The minimum absolute atomic E-state index is 0.00131. The molecular formula is C89H154N26O31S. The summed E-state index contributed by atoms with van der Waals surface area (Å²) < 4.78 is 0. The van der Waals surface area contributed by atoms with Crippen LogP contribution in [0.3, 0.4) is 0 Å². The number of thioether (sulfide) groups is 1. The first-order chi connectivity index (χ1) is 69.2. The number of phenolic OH excluding ortho intramolecular Hbond substituents is 1. The standard InChI is InChI=1S/C89H154N26O31S/c1-43(2)34-58(79(136)106-57(88(145)146)20-13-16-31-92)107-75(132)53(19-12-15-30-91)102-77(134)56(28-33-147-10)105-76(133)55(26-27-66(126)127)104-74(131)52(18-11-14-29-90)101-71(128)46(7)99-64(124)36-97-73(130)59(38-116)108-80(137)60(39-117)100-65(125)37-98-84(141)69(47(8)121)114-78(135)54(21-17-32-96-89(94)95)103-81(138)61(40-118)111-87(144)70(48(9)122)115-86(143)68(45(5)6)113-83(140)63(42-120)109-82(139)62(41-119)110-85(142)67(44(3)4)112-72(129)51(93)35-49-22-24-50(123)25-23-49/h22-25,43-48,51-63,67-70,116-123H,11-21,26-42,90-93H2,1-10H3,(H,97,130)(H,98,141)(H,99,124)(H,100,125)(H,101,128)(H,102,134)(H,103,138)(H,104,131)(H,105,133)(H,106,136)(H,107,132)(H,108,137)(H,109,139)(H,110,142)(H,111,144)(H,112,129)(H,113,140)(H,114,135)(H,115,143)(H,126,127)(H,145,146)(H4,94,95,96)/t46-,47+,48+,51-,52-,53-,54-,55-,56-,57-,58-,59-,60-,61-,62-,63-,67-,68-,69-,70-/m0/s1. The largest absolute Gasteiger partial charge is 0.508 e. The van der Waals surface area contributed by atoms with E-state index in [1.807, 2.05) is 10.6 Å². The highest BCUT2D eigenvalue weighted by Gasteiger charge is 2.41. The summed E-state index contributed by atoms with van der Waals surface area (Å²) in [5.41, 5.74) is 29.1. The molecule has 0 saturated heterocycles. The number of nitrogens with one attached hydrogen (secondary N) is 21. The molecule has 0 aliphatic heterocycles. The smallest absolute Gasteiger partial charge is 0.326 e. The topological polar surface area (TPSA) is 955 Å². The van der Waals surface area contributed by atoms with Crippen molar-refractivity contribution in [2.24, 2.45) is 46.4 Å². The van der Waals surface area contributed by atoms with E-state index in [1.54, 1.807) is 34.0 Å². The zero-order valence-electron chi connectivity index (χ0n) is 84.2. The van der Waals surface area contributed by atoms with E-state index in [0.717, 1.165) is 20.8 Å². The SMILES string of the molecule is CSCC[C@H](NC(=O)[C@H](CCC(=O)O)NC(=O)[C@H](CCCCN)NC(=O)[C@H](C)NC(=O)CNC(=O)[C@H](CO)NC(=O)[C@H](CO)NC(=O)CNC(=O)[C@@H](NC(=O)[C@H](CCCNC(=N)N)NC(=O)[C@H](CO)NC(=O)[C@@H](NC(=O)[C@@H](NC(=O)[C@H](CO)NC(=O)[C@H](CO)NC(=O)[C@@H](NC(=O)[C@@H](N)Cc1ccc(O)cc1)C(C)C)C(C)C)[C@@H](C)O)[C@@H](C)O)C(=O)N[C@@H](CCCCN)C(=O)N[C@@H](CC(C)C)C(=O)N[C@@H](CCCCN)C(=O)O. The molecule has 57 nitrogen and oxygen atoms in total. The molecule has 0 saturated carbocycles. The molecule has 0 radical (unpaired) electrons. The molecule has 832 valence electrons. The summed E-state index contributed by atoms with van der Waals surface area (Å²) in [5.74, 6) is -26.0. The van der Waals surface area contributed by atoms with Crippen LogP contribution in [0, 0.1) is 23.2 Å². The Morgan fingerprint density at radius 1 is 0.347 bits per heavy atom. The predicted molar refractivity (Wildman–Crippen MR) is 528 cm³/mol. The number of carboxylic acids is 2. The number of aliphatic carboxylic acids is 2. The van der Waals surface area contributed by atoms with Crippen LogP contribution in [0.2, 0.25) is 0 Å². The molecule has 20 atom stereocenters. The number of aliphatic hydroxyl groups is 7. The van der Waals surface area contributed by atoms with Crippen LogP contribution < -0.4 is 135 Å². The highest BCUT2D eigenvalue weighted by molar-refractivity contribution is 7.98. The summed E-state index contributed by atoms with van der Waals surface area (Å²) in [6.07, 6.45) is -1.92. The number of amides is 19. The fourth-order valence-corrected chi connectivity index (χ4v) is 14.3. The van der Waals surface area contributed by atoms with E-state index in [9.17, 15) is 152 Å². The molecule has 1 aromatic carbocycles. The second-order valence-electron chi connectivity index (χ2n) is 35.8. The van der Waals surface area contributed by atoms with E-state index in [1.165, 1.54) is 49.9 Å². The lowest BCUT2D eigenvalue weighted by Crippen LogP contribution is -2.63. The Labute approximate surface area is 854 Å². The molecule has 0 aliphatic carbocycles. The van der Waals surface area contributed by atoms with Gasteiger partial charge < -0.3 is 186 Å². The van der Waals surface area contributed by atoms with Crippen LogP contribution in [-0.4, -0.2) is 386 Å². The highest BCUT2D eigenvalue weighted by Crippen LogP contribution is 2.17. The van der Waals surface area contributed by atoms with Crippen molar-refractivity contribution in [2.45, 2.75) is 286 Å². The van der Waals surface area contributed by atoms with E-state index in [2.05, 4.69) is 95.7 Å². The molecule has 0 fully saturated rings. The van der Waals surface area contributed by atoms with E-state index >= 15 is 0 Å². The first-order valence-corrected chi connectivity index (χ1v) is 49.4. The lowest BCUT2D eigenvalue weighted by molar-refractivity contribution is -0.142. The molecule has 41 N–H and O–H groups in total. The molecule has 0 bridgehead atoms. The van der Waals surface area contributed by atoms with Gasteiger partial charge in [0, 0.05) is 13.0 Å². The van der Waals surface area contributed by atoms with Crippen LogP contribution in [-0.2, 0) is 107 Å². The number of guanidine groups is 1. The zero-order chi connectivity index (χ0) is 112. The van der Waals surface area contributed by atoms with Crippen molar-refractivity contribution in [1.82, 2.24) is 106 Å². The monoisotopic (exact) mass is 2120 g/mol. The third kappa shape index (κ3) is 50.8. The normalized spacial score (nSPS) is 15.3. The summed E-state index contributed by atoms with van der Waals surface area (Å²) in [6.45, 7) is 5.14. The number of unbranched alkanes of at least 4 members (excludes halogenated alkanes) is 3. The Morgan fingerprint density at radius 3 is 1.07 bits per heavy atom. The number of benzene rings is 1. The van der Waals surface area contributed by atoms with E-state index in [0.29, 0.717) is 31.2 Å². The lowest BCUT2D eigenvalue weighted by Gasteiger charge is -2.29. The van der Waals surface area contributed by atoms with Crippen LogP contribution in [0.1, 0.15) is 164 Å². The Hall–Kier alpha value is -12.9. The molecule has 1 rings (SSSR count). The van der Waals surface area contributed by atoms with Crippen molar-refractivity contribution in [3.8, 4) is 5.75 Å². The van der Waals surface area contributed by atoms with Gasteiger partial charge in [-0.25, -0.2) is 4.79 Å². The Kier molecular flexibility index (Phi) is 63.6. The Balaban J connectivity index is 3.26. The number of aromatic hydroxyl groups is 1. The molecule has 0 aliphatic rings. The molecule has 0 aromatic heterocycles. The fraction of sp³-hybridized carbons (Fsp3) is 0.685. The van der Waals surface area contributed by atoms with E-state index < -0.39 is 328 Å². The van der Waals surface area contributed by atoms with Gasteiger partial charge in [0.25, 0.3) is 0 Å². The quantitative estimate of drug-likeness (QED) is 0.0164. The second kappa shape index (κ2) is 70.8. The Morgan fingerprint density at radius 2 is 0.660 bits per heavy atom. The van der Waals surface area contributed by atoms with Crippen LogP contribution in [0.4, 0.5) is 0 Å². The average Bonchev–Trinajstić information content (AvgIpc) is 0.848. The number of hydrogen-bond acceptors (Lipinski definition) is 35. The number of aliphatic hydroxyl groups excluding tert-OH is 7. The van der Waals surface area contributed by atoms with Gasteiger partial charge in [-0.1, -0.05) is 53.7 Å². The predicted octanol–water partition coefficient (Wildman–Crippen LogP) is -13.8. The molecule has 0 spiro atoms. The van der Waals surface area contributed by atoms with Crippen LogP contribution in [0.25, 0.3) is 0 Å². The number of nitrogens with two attached hydrogens (primary N) is 5. The summed E-state index contributed by atoms with van der Waals surface area (Å²) in [5, 5.41) is 156. The number of hydrogen-bond donors (Lipinski definition) is 36.